The normalized spacial score (nSPS) is 20.4. The SMILES string of the molecule is CCNC(=NCCCN1CCCC1=O)NC1CC1. The highest BCUT2D eigenvalue weighted by molar-refractivity contribution is 5.80. The van der Waals surface area contributed by atoms with Crippen molar-refractivity contribution in [3.8, 4) is 0 Å². The van der Waals surface area contributed by atoms with Crippen LogP contribution in [0.4, 0.5) is 0 Å². The minimum Gasteiger partial charge on any atom is -0.357 e. The van der Waals surface area contributed by atoms with Crippen LogP contribution in [-0.2, 0) is 4.79 Å². The molecule has 1 amide bonds. The lowest BCUT2D eigenvalue weighted by atomic mass is 10.4. The van der Waals surface area contributed by atoms with E-state index in [1.54, 1.807) is 0 Å². The van der Waals surface area contributed by atoms with Crippen LogP contribution in [-0.4, -0.2) is 49.0 Å². The Balaban J connectivity index is 1.65. The van der Waals surface area contributed by atoms with Crippen molar-refractivity contribution in [3.05, 3.63) is 0 Å². The molecule has 5 nitrogen and oxygen atoms in total. The lowest BCUT2D eigenvalue weighted by Gasteiger charge is -2.14. The summed E-state index contributed by atoms with van der Waals surface area (Å²) in [7, 11) is 0. The van der Waals surface area contributed by atoms with Gasteiger partial charge in [-0.15, -0.1) is 0 Å². The number of carbonyl (C=O) groups is 1. The van der Waals surface area contributed by atoms with Gasteiger partial charge in [-0.3, -0.25) is 9.79 Å². The first-order chi connectivity index (χ1) is 8.79. The second-order valence-electron chi connectivity index (χ2n) is 5.02. The van der Waals surface area contributed by atoms with Gasteiger partial charge in [0.15, 0.2) is 5.96 Å². The van der Waals surface area contributed by atoms with E-state index in [4.69, 9.17) is 0 Å². The Kier molecular flexibility index (Phi) is 4.84. The summed E-state index contributed by atoms with van der Waals surface area (Å²) < 4.78 is 0. The van der Waals surface area contributed by atoms with E-state index in [-0.39, 0.29) is 0 Å². The number of nitrogens with zero attached hydrogens (tertiary/aromatic N) is 2. The molecule has 0 aromatic carbocycles. The fourth-order valence-electron chi connectivity index (χ4n) is 2.13. The molecule has 0 aromatic heterocycles. The highest BCUT2D eigenvalue weighted by atomic mass is 16.2. The topological polar surface area (TPSA) is 56.7 Å². The Bertz CT molecular complexity index is 312. The van der Waals surface area contributed by atoms with Crippen LogP contribution in [0.15, 0.2) is 4.99 Å². The molecule has 2 rings (SSSR count). The number of guanidine groups is 1. The summed E-state index contributed by atoms with van der Waals surface area (Å²) in [6, 6.07) is 0.628. The zero-order valence-corrected chi connectivity index (χ0v) is 11.2. The molecule has 1 aliphatic carbocycles. The summed E-state index contributed by atoms with van der Waals surface area (Å²) in [6.07, 6.45) is 5.22. The predicted molar refractivity (Wildman–Crippen MR) is 72.6 cm³/mol. The van der Waals surface area contributed by atoms with Crippen LogP contribution in [0.2, 0.25) is 0 Å². The second kappa shape index (κ2) is 6.61. The van der Waals surface area contributed by atoms with Gasteiger partial charge in [0.25, 0.3) is 0 Å². The van der Waals surface area contributed by atoms with Crippen molar-refractivity contribution in [1.29, 1.82) is 0 Å². The Morgan fingerprint density at radius 2 is 2.33 bits per heavy atom. The molecule has 102 valence electrons. The standard InChI is InChI=1S/C13H24N4O/c1-2-14-13(16-11-6-7-11)15-8-4-10-17-9-3-5-12(17)18/h11H,2-10H2,1H3,(H2,14,15,16). The molecule has 0 aromatic rings. The number of rotatable bonds is 6. The van der Waals surface area contributed by atoms with E-state index in [1.807, 2.05) is 4.90 Å². The number of carbonyl (C=O) groups excluding carboxylic acids is 1. The molecule has 1 saturated carbocycles. The molecule has 1 saturated heterocycles. The average molecular weight is 252 g/mol. The van der Waals surface area contributed by atoms with Gasteiger partial charge in [0, 0.05) is 38.6 Å². The zero-order chi connectivity index (χ0) is 12.8. The summed E-state index contributed by atoms with van der Waals surface area (Å²) in [5, 5.41) is 6.64. The van der Waals surface area contributed by atoms with Gasteiger partial charge in [0.1, 0.15) is 0 Å². The molecule has 5 heteroatoms. The molecule has 18 heavy (non-hydrogen) atoms. The van der Waals surface area contributed by atoms with Crippen LogP contribution in [0.1, 0.15) is 39.0 Å². The number of hydrogen-bond acceptors (Lipinski definition) is 2. The largest absolute Gasteiger partial charge is 0.357 e. The predicted octanol–water partition coefficient (Wildman–Crippen LogP) is 0.716. The summed E-state index contributed by atoms with van der Waals surface area (Å²) in [6.45, 7) is 5.54. The van der Waals surface area contributed by atoms with E-state index in [1.165, 1.54) is 12.8 Å². The van der Waals surface area contributed by atoms with E-state index >= 15 is 0 Å². The summed E-state index contributed by atoms with van der Waals surface area (Å²) >= 11 is 0. The number of likely N-dealkylation sites (tertiary alicyclic amines) is 1. The fraction of sp³-hybridized carbons (Fsp3) is 0.846. The van der Waals surface area contributed by atoms with E-state index in [0.29, 0.717) is 11.9 Å². The summed E-state index contributed by atoms with van der Waals surface area (Å²) in [4.78, 5) is 17.9. The third-order valence-electron chi connectivity index (χ3n) is 3.29. The molecule has 0 spiro atoms. The number of amides is 1. The van der Waals surface area contributed by atoms with Gasteiger partial charge >= 0.3 is 0 Å². The molecule has 2 aliphatic rings. The molecular weight excluding hydrogens is 228 g/mol. The lowest BCUT2D eigenvalue weighted by Crippen LogP contribution is -2.38. The van der Waals surface area contributed by atoms with Crippen molar-refractivity contribution in [2.45, 2.75) is 45.1 Å². The molecule has 0 bridgehead atoms. The minimum atomic E-state index is 0.307. The van der Waals surface area contributed by atoms with Crippen LogP contribution in [0, 0.1) is 0 Å². The van der Waals surface area contributed by atoms with Crippen molar-refractivity contribution in [1.82, 2.24) is 15.5 Å². The van der Waals surface area contributed by atoms with Crippen molar-refractivity contribution in [2.75, 3.05) is 26.2 Å². The molecule has 1 aliphatic heterocycles. The van der Waals surface area contributed by atoms with Gasteiger partial charge < -0.3 is 15.5 Å². The summed E-state index contributed by atoms with van der Waals surface area (Å²) in [5.74, 6) is 1.23. The quantitative estimate of drug-likeness (QED) is 0.416. The Morgan fingerprint density at radius 1 is 1.50 bits per heavy atom. The van der Waals surface area contributed by atoms with Gasteiger partial charge in [-0.05, 0) is 32.6 Å². The Hall–Kier alpha value is -1.26. The molecule has 0 unspecified atom stereocenters. The Labute approximate surface area is 109 Å². The smallest absolute Gasteiger partial charge is 0.222 e. The zero-order valence-electron chi connectivity index (χ0n) is 11.2. The van der Waals surface area contributed by atoms with Crippen molar-refractivity contribution in [2.24, 2.45) is 4.99 Å². The molecule has 0 atom stereocenters. The van der Waals surface area contributed by atoms with Gasteiger partial charge in [-0.2, -0.15) is 0 Å². The van der Waals surface area contributed by atoms with Gasteiger partial charge in [-0.1, -0.05) is 0 Å². The average Bonchev–Trinajstić information content (AvgIpc) is 3.07. The van der Waals surface area contributed by atoms with Crippen LogP contribution in [0.3, 0.4) is 0 Å². The molecule has 1 heterocycles. The number of hydrogen-bond donors (Lipinski definition) is 2. The third kappa shape index (κ3) is 4.20. The maximum absolute atomic E-state index is 11.4. The number of nitrogens with one attached hydrogen (secondary N) is 2. The third-order valence-corrected chi connectivity index (χ3v) is 3.29. The van der Waals surface area contributed by atoms with Crippen molar-refractivity contribution < 1.29 is 4.79 Å². The molecule has 2 fully saturated rings. The van der Waals surface area contributed by atoms with Crippen LogP contribution < -0.4 is 10.6 Å². The van der Waals surface area contributed by atoms with Gasteiger partial charge in [0.05, 0.1) is 0 Å². The van der Waals surface area contributed by atoms with Gasteiger partial charge in [-0.25, -0.2) is 0 Å². The first kappa shape index (κ1) is 13.2. The van der Waals surface area contributed by atoms with E-state index in [0.717, 1.165) is 51.4 Å². The molecule has 0 radical (unpaired) electrons. The van der Waals surface area contributed by atoms with E-state index < -0.39 is 0 Å². The van der Waals surface area contributed by atoms with Gasteiger partial charge in [0.2, 0.25) is 5.91 Å². The molecule has 2 N–H and O–H groups in total. The van der Waals surface area contributed by atoms with Crippen molar-refractivity contribution in [3.63, 3.8) is 0 Å². The molecular formula is C13H24N4O. The maximum Gasteiger partial charge on any atom is 0.222 e. The monoisotopic (exact) mass is 252 g/mol. The Morgan fingerprint density at radius 3 is 2.94 bits per heavy atom. The number of aliphatic imine (C=N–C) groups is 1. The van der Waals surface area contributed by atoms with E-state index in [9.17, 15) is 4.79 Å². The minimum absolute atomic E-state index is 0.307. The first-order valence-electron chi connectivity index (χ1n) is 7.12. The fourth-order valence-corrected chi connectivity index (χ4v) is 2.13. The first-order valence-corrected chi connectivity index (χ1v) is 7.12. The van der Waals surface area contributed by atoms with Crippen molar-refractivity contribution >= 4 is 11.9 Å². The summed E-state index contributed by atoms with van der Waals surface area (Å²) in [5.41, 5.74) is 0. The highest BCUT2D eigenvalue weighted by Gasteiger charge is 2.22. The lowest BCUT2D eigenvalue weighted by molar-refractivity contribution is -0.127. The van der Waals surface area contributed by atoms with Crippen LogP contribution >= 0.6 is 0 Å². The second-order valence-corrected chi connectivity index (χ2v) is 5.02. The maximum atomic E-state index is 11.4. The van der Waals surface area contributed by atoms with Crippen LogP contribution in [0.25, 0.3) is 0 Å². The van der Waals surface area contributed by atoms with Crippen LogP contribution in [0.5, 0.6) is 0 Å². The highest BCUT2D eigenvalue weighted by Crippen LogP contribution is 2.18. The van der Waals surface area contributed by atoms with E-state index in [2.05, 4.69) is 22.5 Å².